The average Bonchev–Trinajstić information content (AvgIpc) is 2.96. The van der Waals surface area contributed by atoms with Crippen molar-refractivity contribution in [1.29, 1.82) is 0 Å². The average molecular weight is 587 g/mol. The number of fused-ring (bicyclic) bond motifs is 1. The number of carbonyl (C=O) groups is 3. The molecular weight excluding hydrogens is 528 g/mol. The highest BCUT2D eigenvalue weighted by Gasteiger charge is 2.33. The van der Waals surface area contributed by atoms with Gasteiger partial charge in [-0.25, -0.2) is 0 Å². The molecule has 43 heavy (non-hydrogen) atoms. The van der Waals surface area contributed by atoms with Crippen LogP contribution in [-0.4, -0.2) is 17.3 Å². The first-order valence-electron chi connectivity index (χ1n) is 17.4. The highest BCUT2D eigenvalue weighted by atomic mass is 16.1. The second-order valence-corrected chi connectivity index (χ2v) is 13.7. The van der Waals surface area contributed by atoms with Gasteiger partial charge in [-0.3, -0.25) is 14.4 Å². The quantitative estimate of drug-likeness (QED) is 0.219. The summed E-state index contributed by atoms with van der Waals surface area (Å²) < 4.78 is 0. The van der Waals surface area contributed by atoms with Crippen molar-refractivity contribution in [3.8, 4) is 0 Å². The van der Waals surface area contributed by atoms with Gasteiger partial charge in [-0.15, -0.1) is 0 Å². The normalized spacial score (nSPS) is 21.3. The molecule has 2 aromatic rings. The molecule has 0 aromatic heterocycles. The second kappa shape index (κ2) is 17.7. The number of carbonyl (C=O) groups excluding carboxylic acids is 3. The van der Waals surface area contributed by atoms with Gasteiger partial charge in [0.15, 0.2) is 5.78 Å². The third-order valence-electron chi connectivity index (χ3n) is 9.91. The van der Waals surface area contributed by atoms with Crippen molar-refractivity contribution in [2.45, 2.75) is 131 Å². The Bertz CT molecular complexity index is 1170. The minimum Gasteiger partial charge on any atom is -0.300 e. The van der Waals surface area contributed by atoms with E-state index in [1.165, 1.54) is 67.7 Å². The van der Waals surface area contributed by atoms with Crippen LogP contribution in [0.1, 0.15) is 138 Å². The molecule has 0 saturated heterocycles. The number of ketones is 3. The van der Waals surface area contributed by atoms with E-state index in [0.29, 0.717) is 12.3 Å². The van der Waals surface area contributed by atoms with Crippen LogP contribution in [0.2, 0.25) is 0 Å². The van der Waals surface area contributed by atoms with E-state index in [1.807, 2.05) is 0 Å². The summed E-state index contributed by atoms with van der Waals surface area (Å²) >= 11 is 0. The number of Topliss-reactive ketones (excluding diaryl/α,β-unsaturated/α-hetero) is 3. The SMILES string of the molecule is CCC.CCCC(CC1CC(=O)c2c(ccc(CC3CCC(Cc4ccccc4)CC3)c2C)C1)C(CC)C(=O)CC(C)=O. The van der Waals surface area contributed by atoms with E-state index in [4.69, 9.17) is 0 Å². The van der Waals surface area contributed by atoms with E-state index in [1.54, 1.807) is 0 Å². The van der Waals surface area contributed by atoms with Crippen LogP contribution in [0.3, 0.4) is 0 Å². The summed E-state index contributed by atoms with van der Waals surface area (Å²) in [6, 6.07) is 15.4. The monoisotopic (exact) mass is 586 g/mol. The lowest BCUT2D eigenvalue weighted by Crippen LogP contribution is -2.30. The number of hydrogen-bond acceptors (Lipinski definition) is 3. The zero-order chi connectivity index (χ0) is 31.4. The van der Waals surface area contributed by atoms with Crippen LogP contribution in [0.4, 0.5) is 0 Å². The standard InChI is InChI=1S/C37H50O3.C3H8/c1-5-10-32(34(6-2)35(39)19-25(3)38)22-30-23-33-18-17-31(26(4)37(33)36(40)24-30)21-29-15-13-28(14-16-29)20-27-11-8-7-9-12-27;1-3-2/h7-9,11-12,17-18,28-30,32,34H,5-6,10,13-16,19-24H2,1-4H3;3H2,1-2H3. The minimum atomic E-state index is -0.0766. The van der Waals surface area contributed by atoms with Crippen molar-refractivity contribution in [2.24, 2.45) is 29.6 Å². The lowest BCUT2D eigenvalue weighted by Gasteiger charge is -2.32. The molecule has 3 atom stereocenters. The molecule has 0 N–H and O–H groups in total. The van der Waals surface area contributed by atoms with Gasteiger partial charge in [-0.2, -0.15) is 0 Å². The molecule has 2 aliphatic carbocycles. The molecule has 2 aromatic carbocycles. The molecule has 0 aliphatic heterocycles. The second-order valence-electron chi connectivity index (χ2n) is 13.7. The maximum absolute atomic E-state index is 13.5. The maximum Gasteiger partial charge on any atom is 0.163 e. The van der Waals surface area contributed by atoms with E-state index in [-0.39, 0.29) is 41.5 Å². The van der Waals surface area contributed by atoms with Crippen molar-refractivity contribution in [3.63, 3.8) is 0 Å². The van der Waals surface area contributed by atoms with E-state index < -0.39 is 0 Å². The Labute approximate surface area is 262 Å². The first kappa shape index (κ1) is 34.9. The Morgan fingerprint density at radius 1 is 0.837 bits per heavy atom. The maximum atomic E-state index is 13.5. The van der Waals surface area contributed by atoms with Gasteiger partial charge in [0.25, 0.3) is 0 Å². The van der Waals surface area contributed by atoms with Crippen LogP contribution in [-0.2, 0) is 28.9 Å². The lowest BCUT2D eigenvalue weighted by molar-refractivity contribution is -0.129. The molecule has 3 heteroatoms. The predicted molar refractivity (Wildman–Crippen MR) is 180 cm³/mol. The molecule has 0 bridgehead atoms. The third kappa shape index (κ3) is 10.3. The lowest BCUT2D eigenvalue weighted by atomic mass is 9.71. The zero-order valence-electron chi connectivity index (χ0n) is 28.1. The summed E-state index contributed by atoms with van der Waals surface area (Å²) in [6.45, 7) is 12.1. The molecule has 236 valence electrons. The molecule has 0 amide bonds. The third-order valence-corrected chi connectivity index (χ3v) is 9.91. The summed E-state index contributed by atoms with van der Waals surface area (Å²) in [5, 5.41) is 0. The van der Waals surface area contributed by atoms with Crippen molar-refractivity contribution in [1.82, 2.24) is 0 Å². The fraction of sp³-hybridized carbons (Fsp3) is 0.625. The van der Waals surface area contributed by atoms with Gasteiger partial charge in [0.05, 0.1) is 6.42 Å². The fourth-order valence-electron chi connectivity index (χ4n) is 7.89. The first-order chi connectivity index (χ1) is 20.7. The van der Waals surface area contributed by atoms with Gasteiger partial charge in [0.1, 0.15) is 11.6 Å². The molecule has 4 rings (SSSR count). The van der Waals surface area contributed by atoms with Crippen molar-refractivity contribution < 1.29 is 14.4 Å². The topological polar surface area (TPSA) is 51.2 Å². The number of benzene rings is 2. The zero-order valence-corrected chi connectivity index (χ0v) is 28.1. The fourth-order valence-corrected chi connectivity index (χ4v) is 7.89. The van der Waals surface area contributed by atoms with Gasteiger partial charge in [-0.05, 0) is 118 Å². The first-order valence-corrected chi connectivity index (χ1v) is 17.4. The Hall–Kier alpha value is -2.55. The van der Waals surface area contributed by atoms with Gasteiger partial charge >= 0.3 is 0 Å². The highest BCUT2D eigenvalue weighted by Crippen LogP contribution is 2.38. The Balaban J connectivity index is 0.00000162. The van der Waals surface area contributed by atoms with Crippen LogP contribution in [0.25, 0.3) is 0 Å². The van der Waals surface area contributed by atoms with Crippen molar-refractivity contribution in [3.05, 3.63) is 70.3 Å². The van der Waals surface area contributed by atoms with Crippen LogP contribution in [0, 0.1) is 36.5 Å². The molecule has 0 spiro atoms. The molecule has 1 fully saturated rings. The molecule has 1 saturated carbocycles. The Morgan fingerprint density at radius 3 is 2.05 bits per heavy atom. The molecule has 2 aliphatic rings. The van der Waals surface area contributed by atoms with Gasteiger partial charge in [-0.1, -0.05) is 89.4 Å². The smallest absolute Gasteiger partial charge is 0.163 e. The summed E-state index contributed by atoms with van der Waals surface area (Å²) in [4.78, 5) is 38.0. The molecule has 0 heterocycles. The minimum absolute atomic E-state index is 0.0435. The molecule has 3 unspecified atom stereocenters. The van der Waals surface area contributed by atoms with E-state index >= 15 is 0 Å². The molecule has 0 radical (unpaired) electrons. The summed E-state index contributed by atoms with van der Waals surface area (Å²) in [5.74, 6) is 2.28. The van der Waals surface area contributed by atoms with Crippen molar-refractivity contribution in [2.75, 3.05) is 0 Å². The van der Waals surface area contributed by atoms with Crippen LogP contribution in [0.5, 0.6) is 0 Å². The van der Waals surface area contributed by atoms with Crippen LogP contribution < -0.4 is 0 Å². The molecule has 3 nitrogen and oxygen atoms in total. The predicted octanol–water partition coefficient (Wildman–Crippen LogP) is 10.1. The largest absolute Gasteiger partial charge is 0.300 e. The number of rotatable bonds is 13. The van der Waals surface area contributed by atoms with Crippen molar-refractivity contribution >= 4 is 17.3 Å². The van der Waals surface area contributed by atoms with Crippen LogP contribution in [0.15, 0.2) is 42.5 Å². The highest BCUT2D eigenvalue weighted by molar-refractivity contribution is 6.00. The summed E-state index contributed by atoms with van der Waals surface area (Å²) in [6.07, 6.45) is 13.9. The van der Waals surface area contributed by atoms with E-state index in [2.05, 4.69) is 77.1 Å². The summed E-state index contributed by atoms with van der Waals surface area (Å²) in [5.41, 5.74) is 6.22. The Morgan fingerprint density at radius 2 is 1.47 bits per heavy atom. The van der Waals surface area contributed by atoms with E-state index in [0.717, 1.165) is 50.0 Å². The van der Waals surface area contributed by atoms with Crippen LogP contribution >= 0.6 is 0 Å². The summed E-state index contributed by atoms with van der Waals surface area (Å²) in [7, 11) is 0. The molecular formula is C40H58O3. The number of hydrogen-bond donors (Lipinski definition) is 0. The van der Waals surface area contributed by atoms with Gasteiger partial charge in [0.2, 0.25) is 0 Å². The Kier molecular flexibility index (Phi) is 14.4. The van der Waals surface area contributed by atoms with Gasteiger partial charge in [0, 0.05) is 17.9 Å². The van der Waals surface area contributed by atoms with Gasteiger partial charge < -0.3 is 0 Å². The van der Waals surface area contributed by atoms with E-state index in [9.17, 15) is 14.4 Å².